The Morgan fingerprint density at radius 1 is 0.297 bits per heavy atom. The first kappa shape index (κ1) is 38.0. The van der Waals surface area contributed by atoms with Crippen LogP contribution in [-0.2, 0) is 25.7 Å². The molecule has 0 spiro atoms. The van der Waals surface area contributed by atoms with Crippen molar-refractivity contribution in [3.8, 4) is 0 Å². The van der Waals surface area contributed by atoms with Crippen LogP contribution in [0.3, 0.4) is 0 Å². The molecule has 4 nitrogen and oxygen atoms in total. The minimum Gasteiger partial charge on any atom is -0.354 e. The van der Waals surface area contributed by atoms with Crippen LogP contribution in [-0.4, -0.2) is 21.4 Å². The van der Waals surface area contributed by atoms with Crippen molar-refractivity contribution < 1.29 is 0 Å². The van der Waals surface area contributed by atoms with Gasteiger partial charge >= 0.3 is 0 Å². The number of aliphatic imine (C=N–C) groups is 2. The second kappa shape index (κ2) is 15.6. The van der Waals surface area contributed by atoms with Gasteiger partial charge in [0.1, 0.15) is 0 Å². The van der Waals surface area contributed by atoms with Gasteiger partial charge in [0.05, 0.1) is 44.9 Å². The molecule has 2 aromatic heterocycles. The van der Waals surface area contributed by atoms with Crippen molar-refractivity contribution >= 4 is 33.7 Å². The quantitative estimate of drug-likeness (QED) is 0.178. The summed E-state index contributed by atoms with van der Waals surface area (Å²) in [5.74, 6) is 0. The van der Waals surface area contributed by atoms with E-state index in [0.29, 0.717) is 0 Å². The van der Waals surface area contributed by atoms with Gasteiger partial charge in [0.15, 0.2) is 0 Å². The van der Waals surface area contributed by atoms with Gasteiger partial charge in [-0.3, -0.25) is 0 Å². The van der Waals surface area contributed by atoms with Crippen LogP contribution in [0.15, 0.2) is 165 Å². The highest BCUT2D eigenvalue weighted by atomic mass is 14.9. The third-order valence-electron chi connectivity index (χ3n) is 15.4. The van der Waals surface area contributed by atoms with Gasteiger partial charge in [-0.1, -0.05) is 121 Å². The fourth-order valence-corrected chi connectivity index (χ4v) is 12.5. The lowest BCUT2D eigenvalue weighted by Crippen LogP contribution is -2.24. The van der Waals surface area contributed by atoms with E-state index in [1.165, 1.54) is 185 Å². The Bertz CT molecular complexity index is 3000. The molecule has 0 atom stereocenters. The molecule has 2 aliphatic heterocycles. The van der Waals surface area contributed by atoms with Gasteiger partial charge in [-0.25, -0.2) is 9.98 Å². The van der Waals surface area contributed by atoms with Crippen molar-refractivity contribution in [3.63, 3.8) is 0 Å². The normalized spacial score (nSPS) is 19.4. The van der Waals surface area contributed by atoms with Crippen LogP contribution in [0.2, 0.25) is 0 Å². The fourth-order valence-electron chi connectivity index (χ4n) is 12.5. The number of aromatic nitrogens is 2. The van der Waals surface area contributed by atoms with Crippen LogP contribution in [0.1, 0.15) is 133 Å². The van der Waals surface area contributed by atoms with Gasteiger partial charge < -0.3 is 9.97 Å². The number of allylic oxidation sites excluding steroid dienone is 4. The molecular weight excluding hydrogens is 777 g/mol. The van der Waals surface area contributed by atoms with Crippen molar-refractivity contribution in [1.29, 1.82) is 0 Å². The predicted molar refractivity (Wildman–Crippen MR) is 263 cm³/mol. The number of aromatic amines is 2. The molecule has 8 bridgehead atoms. The summed E-state index contributed by atoms with van der Waals surface area (Å²) >= 11 is 0. The fraction of sp³-hybridized carbons (Fsp3) is 0.267. The average molecular weight is 831 g/mol. The van der Waals surface area contributed by atoms with Gasteiger partial charge in [0.2, 0.25) is 0 Å². The van der Waals surface area contributed by atoms with Gasteiger partial charge in [-0.2, -0.15) is 0 Å². The Morgan fingerprint density at radius 2 is 0.609 bits per heavy atom. The minimum atomic E-state index is 1.04. The zero-order chi connectivity index (χ0) is 42.1. The van der Waals surface area contributed by atoms with Gasteiger partial charge in [-0.05, 0) is 170 Å². The van der Waals surface area contributed by atoms with Crippen molar-refractivity contribution in [1.82, 2.24) is 9.97 Å². The highest BCUT2D eigenvalue weighted by Gasteiger charge is 2.38. The van der Waals surface area contributed by atoms with E-state index >= 15 is 0 Å². The summed E-state index contributed by atoms with van der Waals surface area (Å²) in [6.45, 7) is 0. The molecule has 4 heterocycles. The molecule has 0 radical (unpaired) electrons. The van der Waals surface area contributed by atoms with E-state index in [4.69, 9.17) is 9.98 Å². The monoisotopic (exact) mass is 830 g/mol. The van der Waals surface area contributed by atoms with E-state index in [-0.39, 0.29) is 0 Å². The van der Waals surface area contributed by atoms with Crippen LogP contribution in [0.25, 0.3) is 22.3 Å². The second-order valence-electron chi connectivity index (χ2n) is 19.0. The third-order valence-corrected chi connectivity index (χ3v) is 15.4. The summed E-state index contributed by atoms with van der Waals surface area (Å²) in [6.07, 6.45) is 17.9. The van der Waals surface area contributed by atoms with Gasteiger partial charge in [0, 0.05) is 22.3 Å². The van der Waals surface area contributed by atoms with E-state index in [2.05, 4.69) is 131 Å². The number of H-pyrrole nitrogens is 2. The second-order valence-corrected chi connectivity index (χ2v) is 19.0. The first-order valence-electron chi connectivity index (χ1n) is 24.4. The van der Waals surface area contributed by atoms with E-state index in [0.717, 1.165) is 51.4 Å². The van der Waals surface area contributed by atoms with Crippen molar-refractivity contribution in [2.24, 2.45) is 9.98 Å². The van der Waals surface area contributed by atoms with Crippen LogP contribution in [0.4, 0.5) is 0 Å². The molecule has 314 valence electrons. The maximum absolute atomic E-state index is 6.09. The lowest BCUT2D eigenvalue weighted by atomic mass is 9.82. The van der Waals surface area contributed by atoms with Crippen molar-refractivity contribution in [2.75, 3.05) is 0 Å². The summed E-state index contributed by atoms with van der Waals surface area (Å²) < 4.78 is 0. The van der Waals surface area contributed by atoms with E-state index in [1.54, 1.807) is 0 Å². The summed E-state index contributed by atoms with van der Waals surface area (Å²) in [4.78, 5) is 20.9. The van der Waals surface area contributed by atoms with E-state index in [9.17, 15) is 0 Å². The molecule has 6 aromatic rings. The maximum Gasteiger partial charge on any atom is 0.0772 e. The number of hydrogen-bond donors (Lipinski definition) is 2. The van der Waals surface area contributed by atoms with Gasteiger partial charge in [-0.15, -0.1) is 0 Å². The Labute approximate surface area is 376 Å². The summed E-state index contributed by atoms with van der Waals surface area (Å²) in [7, 11) is 0. The third kappa shape index (κ3) is 6.01. The molecule has 64 heavy (non-hydrogen) atoms. The predicted octanol–water partition coefficient (Wildman–Crippen LogP) is 12.4. The van der Waals surface area contributed by atoms with Crippen LogP contribution < -0.4 is 10.7 Å². The van der Waals surface area contributed by atoms with Crippen LogP contribution >= 0.6 is 0 Å². The molecule has 13 rings (SSSR count). The topological polar surface area (TPSA) is 56.3 Å². The molecule has 0 unspecified atom stereocenters. The maximum atomic E-state index is 6.09. The lowest BCUT2D eigenvalue weighted by Gasteiger charge is -2.20. The summed E-state index contributed by atoms with van der Waals surface area (Å²) in [5.41, 5.74) is 28.8. The molecule has 2 N–H and O–H groups in total. The Kier molecular flexibility index (Phi) is 9.27. The standard InChI is InChI=1S/C60H54N4/c1-5-21-37(22-6-1)49-53-41-29-13-15-31-43(41)55(61-53)50(38-23-7-2-8-24-38)57-45-33-17-19-35-47(45)59(63-57)52(40-27-11-4-12-28-40)60-48-36-20-18-34-46(48)58(64-60)51(39-25-9-3-10-26-39)56-44-32-16-14-30-42(44)54(49)62-56/h1-12,21-28,61,64H,13-20,29-36H2. The Hall–Kier alpha value is -6.52. The van der Waals surface area contributed by atoms with Crippen LogP contribution in [0.5, 0.6) is 0 Å². The van der Waals surface area contributed by atoms with E-state index < -0.39 is 0 Å². The molecule has 4 aromatic carbocycles. The Balaban J connectivity index is 1.28. The summed E-state index contributed by atoms with van der Waals surface area (Å²) in [5, 5.41) is 2.51. The van der Waals surface area contributed by atoms with E-state index in [1.807, 2.05) is 0 Å². The molecular formula is C60H54N4. The zero-order valence-electron chi connectivity index (χ0n) is 36.8. The molecule has 0 saturated heterocycles. The summed E-state index contributed by atoms with van der Waals surface area (Å²) in [6, 6.07) is 45.0. The highest BCUT2D eigenvalue weighted by Crippen LogP contribution is 2.49. The first-order valence-corrected chi connectivity index (χ1v) is 24.4. The minimum absolute atomic E-state index is 1.04. The largest absolute Gasteiger partial charge is 0.354 e. The highest BCUT2D eigenvalue weighted by molar-refractivity contribution is 6.35. The van der Waals surface area contributed by atoms with Crippen molar-refractivity contribution in [2.45, 2.75) is 103 Å². The first-order chi connectivity index (χ1) is 31.8. The number of hydrogen-bond acceptors (Lipinski definition) is 2. The molecule has 5 aliphatic carbocycles. The zero-order valence-corrected chi connectivity index (χ0v) is 36.8. The smallest absolute Gasteiger partial charge is 0.0772 e. The number of rotatable bonds is 4. The number of benzene rings is 4. The molecule has 7 aliphatic rings. The Morgan fingerprint density at radius 3 is 0.984 bits per heavy atom. The number of nitrogens with zero attached hydrogens (tertiary/aromatic N) is 2. The average Bonchev–Trinajstić information content (AvgIpc) is 4.14. The molecule has 0 amide bonds. The molecule has 0 saturated carbocycles. The SMILES string of the molecule is c1ccc(C2=C3N=C(C4=C3CCCC4)C(c3ccccc3)=c3[nH]c(c4c3CCCC4)=C(c3ccccc3)C3=NC(=C(c4ccccc4)c4[nH]c2c2c4CCCC2)C2=C3CCCC2)cc1. The molecule has 0 fully saturated rings. The lowest BCUT2D eigenvalue weighted by molar-refractivity contribution is 0.685. The van der Waals surface area contributed by atoms with Crippen molar-refractivity contribution in [3.05, 3.63) is 222 Å². The van der Waals surface area contributed by atoms with Crippen LogP contribution in [0, 0.1) is 0 Å². The molecule has 4 heteroatoms. The van der Waals surface area contributed by atoms with Gasteiger partial charge in [0.25, 0.3) is 0 Å². The number of nitrogens with one attached hydrogen (secondary N) is 2.